The molecule has 28 heavy (non-hydrogen) atoms. The highest BCUT2D eigenvalue weighted by molar-refractivity contribution is 7.80. The predicted molar refractivity (Wildman–Crippen MR) is 120 cm³/mol. The number of hydrogen-bond donors (Lipinski definition) is 2. The van der Waals surface area contributed by atoms with Crippen LogP contribution in [0.25, 0.3) is 0 Å². The van der Waals surface area contributed by atoms with E-state index < -0.39 is 0 Å². The summed E-state index contributed by atoms with van der Waals surface area (Å²) in [6, 6.07) is 14.1. The summed E-state index contributed by atoms with van der Waals surface area (Å²) in [5, 5.41) is 7.02. The first-order valence-corrected chi connectivity index (χ1v) is 9.99. The van der Waals surface area contributed by atoms with Gasteiger partial charge >= 0.3 is 5.97 Å². The third-order valence-corrected chi connectivity index (χ3v) is 4.92. The first-order chi connectivity index (χ1) is 13.1. The van der Waals surface area contributed by atoms with Gasteiger partial charge in [0.1, 0.15) is 0 Å². The van der Waals surface area contributed by atoms with E-state index in [1.54, 1.807) is 13.0 Å². The molecule has 2 aromatic carbocycles. The molecule has 0 spiro atoms. The molecule has 0 aliphatic carbocycles. The number of benzene rings is 2. The van der Waals surface area contributed by atoms with E-state index >= 15 is 0 Å². The first-order valence-electron chi connectivity index (χ1n) is 9.58. The molecule has 5 heteroatoms. The second-order valence-electron chi connectivity index (χ2n) is 7.89. The Balaban J connectivity index is 2.06. The van der Waals surface area contributed by atoms with E-state index in [-0.39, 0.29) is 17.4 Å². The molecule has 0 saturated carbocycles. The molecule has 0 unspecified atom stereocenters. The van der Waals surface area contributed by atoms with Crippen molar-refractivity contribution in [1.29, 1.82) is 0 Å². The minimum atomic E-state index is -0.324. The highest BCUT2D eigenvalue weighted by Crippen LogP contribution is 2.24. The molecule has 0 aliphatic heterocycles. The summed E-state index contributed by atoms with van der Waals surface area (Å²) in [7, 11) is 0. The van der Waals surface area contributed by atoms with Crippen LogP contribution in [0.15, 0.2) is 42.5 Å². The van der Waals surface area contributed by atoms with Crippen LogP contribution in [0.4, 0.5) is 5.69 Å². The predicted octanol–water partition coefficient (Wildman–Crippen LogP) is 5.52. The van der Waals surface area contributed by atoms with Gasteiger partial charge in [-0.25, -0.2) is 4.79 Å². The van der Waals surface area contributed by atoms with Gasteiger partial charge in [0.2, 0.25) is 0 Å². The Bertz CT molecular complexity index is 839. The van der Waals surface area contributed by atoms with Gasteiger partial charge in [0.15, 0.2) is 5.11 Å². The van der Waals surface area contributed by atoms with E-state index in [0.29, 0.717) is 17.3 Å². The largest absolute Gasteiger partial charge is 0.462 e. The van der Waals surface area contributed by atoms with Crippen LogP contribution >= 0.6 is 12.2 Å². The zero-order valence-electron chi connectivity index (χ0n) is 17.6. The Kier molecular flexibility index (Phi) is 7.19. The van der Waals surface area contributed by atoms with Crippen molar-refractivity contribution in [3.05, 3.63) is 64.7 Å². The maximum atomic E-state index is 12.1. The molecule has 2 N–H and O–H groups in total. The van der Waals surface area contributed by atoms with Gasteiger partial charge < -0.3 is 15.4 Å². The molecule has 2 aromatic rings. The van der Waals surface area contributed by atoms with Crippen molar-refractivity contribution in [3.63, 3.8) is 0 Å². The van der Waals surface area contributed by atoms with Gasteiger partial charge in [0.05, 0.1) is 18.2 Å². The molecular weight excluding hydrogens is 368 g/mol. The van der Waals surface area contributed by atoms with Gasteiger partial charge in [-0.1, -0.05) is 51.1 Å². The van der Waals surface area contributed by atoms with Crippen molar-refractivity contribution < 1.29 is 9.53 Å². The van der Waals surface area contributed by atoms with Crippen LogP contribution in [0, 0.1) is 6.92 Å². The first kappa shape index (κ1) is 21.9. The van der Waals surface area contributed by atoms with Crippen molar-refractivity contribution in [2.24, 2.45) is 0 Å². The van der Waals surface area contributed by atoms with Gasteiger partial charge in [-0.2, -0.15) is 0 Å². The topological polar surface area (TPSA) is 50.4 Å². The number of ether oxygens (including phenoxy) is 1. The third kappa shape index (κ3) is 5.55. The number of anilines is 1. The van der Waals surface area contributed by atoms with Crippen molar-refractivity contribution >= 4 is 29.0 Å². The SMILES string of the molecule is CCOC(=O)c1cccc(NC(=S)N[C@H](C)c2ccc(C(C)(C)C)cc2)c1C. The Morgan fingerprint density at radius 3 is 2.36 bits per heavy atom. The van der Waals surface area contributed by atoms with E-state index in [2.05, 4.69) is 62.6 Å². The average Bonchev–Trinajstić information content (AvgIpc) is 2.63. The summed E-state index contributed by atoms with van der Waals surface area (Å²) in [5.41, 5.74) is 4.74. The highest BCUT2D eigenvalue weighted by Gasteiger charge is 2.16. The van der Waals surface area contributed by atoms with E-state index in [0.717, 1.165) is 16.8 Å². The van der Waals surface area contributed by atoms with Crippen LogP contribution in [-0.2, 0) is 10.2 Å². The summed E-state index contributed by atoms with van der Waals surface area (Å²) in [4.78, 5) is 12.1. The number of nitrogens with one attached hydrogen (secondary N) is 2. The summed E-state index contributed by atoms with van der Waals surface area (Å²) in [5.74, 6) is -0.324. The average molecular weight is 399 g/mol. The number of carbonyl (C=O) groups is 1. The fourth-order valence-corrected chi connectivity index (χ4v) is 3.20. The van der Waals surface area contributed by atoms with Gasteiger partial charge in [0, 0.05) is 5.69 Å². The Morgan fingerprint density at radius 1 is 1.14 bits per heavy atom. The molecule has 150 valence electrons. The van der Waals surface area contributed by atoms with E-state index in [9.17, 15) is 4.79 Å². The van der Waals surface area contributed by atoms with Gasteiger partial charge in [-0.15, -0.1) is 0 Å². The minimum absolute atomic E-state index is 0.0579. The zero-order chi connectivity index (χ0) is 20.9. The van der Waals surface area contributed by atoms with Crippen LogP contribution in [0.3, 0.4) is 0 Å². The Labute approximate surface area is 173 Å². The standard InChI is InChI=1S/C23H30N2O2S/c1-7-27-21(26)19-9-8-10-20(15(19)2)25-22(28)24-16(3)17-11-13-18(14-12-17)23(4,5)6/h8-14,16H,7H2,1-6H3,(H2,24,25,28)/t16-/m1/s1. The van der Waals surface area contributed by atoms with E-state index in [4.69, 9.17) is 17.0 Å². The second kappa shape index (κ2) is 9.20. The fourth-order valence-electron chi connectivity index (χ4n) is 2.91. The molecule has 0 bridgehead atoms. The maximum absolute atomic E-state index is 12.1. The van der Waals surface area contributed by atoms with E-state index in [1.165, 1.54) is 5.56 Å². The van der Waals surface area contributed by atoms with Crippen LogP contribution in [0.1, 0.15) is 67.7 Å². The van der Waals surface area contributed by atoms with Crippen molar-refractivity contribution in [2.45, 2.75) is 53.0 Å². The van der Waals surface area contributed by atoms with Crippen molar-refractivity contribution in [2.75, 3.05) is 11.9 Å². The van der Waals surface area contributed by atoms with Gasteiger partial charge in [-0.05, 0) is 67.2 Å². The highest BCUT2D eigenvalue weighted by atomic mass is 32.1. The lowest BCUT2D eigenvalue weighted by atomic mass is 9.86. The molecule has 0 radical (unpaired) electrons. The molecule has 2 rings (SSSR count). The van der Waals surface area contributed by atoms with Crippen LogP contribution < -0.4 is 10.6 Å². The molecule has 0 saturated heterocycles. The summed E-state index contributed by atoms with van der Waals surface area (Å²) in [6.07, 6.45) is 0. The van der Waals surface area contributed by atoms with Crippen molar-refractivity contribution in [3.8, 4) is 0 Å². The quantitative estimate of drug-likeness (QED) is 0.513. The van der Waals surface area contributed by atoms with Gasteiger partial charge in [0.25, 0.3) is 0 Å². The summed E-state index contributed by atoms with van der Waals surface area (Å²) >= 11 is 5.48. The number of carbonyl (C=O) groups excluding carboxylic acids is 1. The monoisotopic (exact) mass is 398 g/mol. The molecule has 0 aliphatic rings. The fraction of sp³-hybridized carbons (Fsp3) is 0.391. The molecule has 0 aromatic heterocycles. The lowest BCUT2D eigenvalue weighted by Crippen LogP contribution is -2.31. The minimum Gasteiger partial charge on any atom is -0.462 e. The number of rotatable bonds is 5. The molecule has 0 amide bonds. The Morgan fingerprint density at radius 2 is 1.79 bits per heavy atom. The lowest BCUT2D eigenvalue weighted by molar-refractivity contribution is 0.0525. The molecular formula is C23H30N2O2S. The van der Waals surface area contributed by atoms with Crippen LogP contribution in [0.2, 0.25) is 0 Å². The molecule has 1 atom stereocenters. The van der Waals surface area contributed by atoms with E-state index in [1.807, 2.05) is 19.1 Å². The smallest absolute Gasteiger partial charge is 0.338 e. The Hall–Kier alpha value is -2.40. The summed E-state index contributed by atoms with van der Waals surface area (Å²) < 4.78 is 5.11. The molecule has 0 heterocycles. The number of thiocarbonyl (C=S) groups is 1. The second-order valence-corrected chi connectivity index (χ2v) is 8.30. The lowest BCUT2D eigenvalue weighted by Gasteiger charge is -2.22. The number of hydrogen-bond acceptors (Lipinski definition) is 3. The maximum Gasteiger partial charge on any atom is 0.338 e. The van der Waals surface area contributed by atoms with Crippen LogP contribution in [0.5, 0.6) is 0 Å². The van der Waals surface area contributed by atoms with Crippen LogP contribution in [-0.4, -0.2) is 17.7 Å². The van der Waals surface area contributed by atoms with Gasteiger partial charge in [-0.3, -0.25) is 0 Å². The summed E-state index contributed by atoms with van der Waals surface area (Å²) in [6.45, 7) is 12.7. The zero-order valence-corrected chi connectivity index (χ0v) is 18.4. The number of esters is 1. The molecule has 0 fully saturated rings. The molecule has 4 nitrogen and oxygen atoms in total. The normalized spacial score (nSPS) is 12.2. The third-order valence-electron chi connectivity index (χ3n) is 4.70. The van der Waals surface area contributed by atoms with Crippen molar-refractivity contribution in [1.82, 2.24) is 5.32 Å².